The van der Waals surface area contributed by atoms with Crippen LogP contribution in [-0.2, 0) is 15.1 Å². The number of hydrogen-bond acceptors (Lipinski definition) is 2. The molecule has 0 aliphatic carbocycles. The molecule has 0 fully saturated rings. The predicted molar refractivity (Wildman–Crippen MR) is 100 cm³/mol. The highest BCUT2D eigenvalue weighted by Crippen LogP contribution is 2.40. The number of ether oxygens (including phenoxy) is 1. The molecule has 0 saturated carbocycles. The van der Waals surface area contributed by atoms with E-state index in [9.17, 15) is 4.79 Å². The fourth-order valence-corrected chi connectivity index (χ4v) is 3.06. The van der Waals surface area contributed by atoms with Crippen LogP contribution in [0, 0.1) is 5.92 Å². The molecule has 2 heteroatoms. The van der Waals surface area contributed by atoms with E-state index in [0.717, 1.165) is 23.0 Å². The average Bonchev–Trinajstić information content (AvgIpc) is 2.71. The van der Waals surface area contributed by atoms with Crippen LogP contribution in [-0.4, -0.2) is 12.9 Å². The third-order valence-corrected chi connectivity index (χ3v) is 4.34. The van der Waals surface area contributed by atoms with E-state index >= 15 is 0 Å². The lowest BCUT2D eigenvalue weighted by Crippen LogP contribution is -2.34. The monoisotopic (exact) mass is 330 g/mol. The number of aldehydes is 1. The highest BCUT2D eigenvalue weighted by Gasteiger charge is 2.37. The normalized spacial score (nSPS) is 12.5. The zero-order valence-electron chi connectivity index (χ0n) is 14.3. The van der Waals surface area contributed by atoms with Gasteiger partial charge in [0.1, 0.15) is 11.9 Å². The molecule has 0 bridgehead atoms. The van der Waals surface area contributed by atoms with Crippen LogP contribution in [0.3, 0.4) is 0 Å². The van der Waals surface area contributed by atoms with E-state index in [1.54, 1.807) is 0 Å². The summed E-state index contributed by atoms with van der Waals surface area (Å²) in [6.45, 7) is 2.22. The Bertz CT molecular complexity index is 685. The Balaban J connectivity index is 2.22. The first-order valence-corrected chi connectivity index (χ1v) is 8.53. The second-order valence-corrected chi connectivity index (χ2v) is 6.20. The van der Waals surface area contributed by atoms with Crippen molar-refractivity contribution in [1.29, 1.82) is 0 Å². The summed E-state index contributed by atoms with van der Waals surface area (Å²) in [5.74, 6) is -0.171. The fourth-order valence-electron chi connectivity index (χ4n) is 3.06. The third-order valence-electron chi connectivity index (χ3n) is 4.34. The maximum absolute atomic E-state index is 11.2. The van der Waals surface area contributed by atoms with Gasteiger partial charge in [0, 0.05) is 5.92 Å². The van der Waals surface area contributed by atoms with Gasteiger partial charge in [0.2, 0.25) is 0 Å². The van der Waals surface area contributed by atoms with Gasteiger partial charge in [-0.05, 0) is 16.7 Å². The van der Waals surface area contributed by atoms with Crippen LogP contribution in [0.5, 0.6) is 0 Å². The molecule has 0 unspecified atom stereocenters. The van der Waals surface area contributed by atoms with Crippen LogP contribution in [0.2, 0.25) is 0 Å². The minimum Gasteiger partial charge on any atom is -0.360 e. The molecule has 0 heterocycles. The second-order valence-electron chi connectivity index (χ2n) is 6.20. The van der Waals surface area contributed by atoms with Crippen molar-refractivity contribution in [3.8, 4) is 0 Å². The molecule has 0 saturated heterocycles. The molecule has 2 nitrogen and oxygen atoms in total. The molecule has 0 spiro atoms. The lowest BCUT2D eigenvalue weighted by molar-refractivity contribution is -0.114. The Labute approximate surface area is 149 Å². The first-order valence-electron chi connectivity index (χ1n) is 8.53. The van der Waals surface area contributed by atoms with Crippen LogP contribution in [0.4, 0.5) is 0 Å². The minimum absolute atomic E-state index is 0.171. The van der Waals surface area contributed by atoms with Crippen molar-refractivity contribution in [2.24, 2.45) is 5.92 Å². The molecular weight excluding hydrogens is 308 g/mol. The largest absolute Gasteiger partial charge is 0.360 e. The first-order chi connectivity index (χ1) is 12.3. The SMILES string of the molecule is C[C@H](C=O)COC(c1ccccc1)(c1ccccc1)c1ccccc1. The molecule has 0 N–H and O–H groups in total. The molecule has 3 rings (SSSR count). The first kappa shape index (κ1) is 17.1. The van der Waals surface area contributed by atoms with Crippen LogP contribution in [0.1, 0.15) is 23.6 Å². The summed E-state index contributed by atoms with van der Waals surface area (Å²) in [6.07, 6.45) is 0.936. The summed E-state index contributed by atoms with van der Waals surface area (Å²) in [7, 11) is 0. The summed E-state index contributed by atoms with van der Waals surface area (Å²) in [6, 6.07) is 30.5. The Morgan fingerprint density at radius 2 is 1.12 bits per heavy atom. The number of carbonyl (C=O) groups is 1. The molecule has 0 aromatic heterocycles. The summed E-state index contributed by atoms with van der Waals surface area (Å²) in [5, 5.41) is 0. The molecule has 3 aromatic rings. The Morgan fingerprint density at radius 1 is 0.760 bits per heavy atom. The molecular formula is C23H22O2. The zero-order chi connectivity index (χ0) is 17.5. The van der Waals surface area contributed by atoms with Crippen molar-refractivity contribution in [3.05, 3.63) is 108 Å². The summed E-state index contributed by atoms with van der Waals surface area (Å²) in [5.41, 5.74) is 2.39. The van der Waals surface area contributed by atoms with E-state index in [-0.39, 0.29) is 5.92 Å². The minimum atomic E-state index is -0.749. The Hall–Kier alpha value is -2.71. The number of rotatable bonds is 7. The van der Waals surface area contributed by atoms with Gasteiger partial charge in [-0.3, -0.25) is 0 Å². The van der Waals surface area contributed by atoms with Gasteiger partial charge < -0.3 is 9.53 Å². The quantitative estimate of drug-likeness (QED) is 0.458. The van der Waals surface area contributed by atoms with Crippen molar-refractivity contribution in [3.63, 3.8) is 0 Å². The van der Waals surface area contributed by atoms with Crippen LogP contribution >= 0.6 is 0 Å². The fraction of sp³-hybridized carbons (Fsp3) is 0.174. The van der Waals surface area contributed by atoms with Crippen molar-refractivity contribution in [2.45, 2.75) is 12.5 Å². The van der Waals surface area contributed by atoms with E-state index in [1.807, 2.05) is 61.5 Å². The van der Waals surface area contributed by atoms with E-state index in [1.165, 1.54) is 0 Å². The molecule has 3 aromatic carbocycles. The molecule has 0 radical (unpaired) electrons. The number of carbonyl (C=O) groups excluding carboxylic acids is 1. The van der Waals surface area contributed by atoms with Crippen LogP contribution in [0.25, 0.3) is 0 Å². The lowest BCUT2D eigenvalue weighted by Gasteiger charge is -2.36. The molecule has 0 amide bonds. The highest BCUT2D eigenvalue weighted by molar-refractivity contribution is 5.53. The Morgan fingerprint density at radius 3 is 1.44 bits per heavy atom. The van der Waals surface area contributed by atoms with Gasteiger partial charge in [-0.1, -0.05) is 97.9 Å². The third kappa shape index (κ3) is 3.54. The standard InChI is InChI=1S/C23H22O2/c1-19(17-24)18-25-23(20-11-5-2-6-12-20,21-13-7-3-8-14-21)22-15-9-4-10-16-22/h2-17,19H,18H2,1H3/t19-/m1/s1. The van der Waals surface area contributed by atoms with Gasteiger partial charge in [0.15, 0.2) is 0 Å². The van der Waals surface area contributed by atoms with Gasteiger partial charge in [-0.2, -0.15) is 0 Å². The van der Waals surface area contributed by atoms with Gasteiger partial charge >= 0.3 is 0 Å². The van der Waals surface area contributed by atoms with E-state index in [0.29, 0.717) is 6.61 Å². The molecule has 25 heavy (non-hydrogen) atoms. The summed E-state index contributed by atoms with van der Waals surface area (Å²) < 4.78 is 6.51. The van der Waals surface area contributed by atoms with Gasteiger partial charge in [0.25, 0.3) is 0 Å². The van der Waals surface area contributed by atoms with Crippen LogP contribution in [0.15, 0.2) is 91.0 Å². The van der Waals surface area contributed by atoms with Gasteiger partial charge in [0.05, 0.1) is 6.61 Å². The van der Waals surface area contributed by atoms with Gasteiger partial charge in [-0.15, -0.1) is 0 Å². The van der Waals surface area contributed by atoms with Crippen molar-refractivity contribution < 1.29 is 9.53 Å². The summed E-state index contributed by atoms with van der Waals surface area (Å²) >= 11 is 0. The van der Waals surface area contributed by atoms with Crippen LogP contribution < -0.4 is 0 Å². The smallest absolute Gasteiger partial charge is 0.143 e. The zero-order valence-corrected chi connectivity index (χ0v) is 14.3. The molecule has 0 aliphatic rings. The van der Waals surface area contributed by atoms with Crippen molar-refractivity contribution in [2.75, 3.05) is 6.61 Å². The highest BCUT2D eigenvalue weighted by atomic mass is 16.5. The molecule has 0 aliphatic heterocycles. The van der Waals surface area contributed by atoms with E-state index < -0.39 is 5.60 Å². The average molecular weight is 330 g/mol. The molecule has 126 valence electrons. The predicted octanol–water partition coefficient (Wildman–Crippen LogP) is 4.83. The Kier molecular flexibility index (Phi) is 5.42. The maximum atomic E-state index is 11.2. The maximum Gasteiger partial charge on any atom is 0.143 e. The van der Waals surface area contributed by atoms with Crippen molar-refractivity contribution in [1.82, 2.24) is 0 Å². The number of hydrogen-bond donors (Lipinski definition) is 0. The number of benzene rings is 3. The lowest BCUT2D eigenvalue weighted by atomic mass is 9.80. The van der Waals surface area contributed by atoms with E-state index in [2.05, 4.69) is 36.4 Å². The summed E-state index contributed by atoms with van der Waals surface area (Å²) in [4.78, 5) is 11.2. The van der Waals surface area contributed by atoms with Gasteiger partial charge in [-0.25, -0.2) is 0 Å². The van der Waals surface area contributed by atoms with Crippen molar-refractivity contribution >= 4 is 6.29 Å². The second kappa shape index (κ2) is 7.91. The van der Waals surface area contributed by atoms with E-state index in [4.69, 9.17) is 4.74 Å². The topological polar surface area (TPSA) is 26.3 Å². The molecule has 1 atom stereocenters.